The van der Waals surface area contributed by atoms with Crippen molar-refractivity contribution in [1.29, 1.82) is 0 Å². The number of Topliss-reactive ketones (excluding diaryl/α,β-unsaturated/α-hetero) is 1. The summed E-state index contributed by atoms with van der Waals surface area (Å²) in [5.74, 6) is -1.40. The number of halogens is 2. The van der Waals surface area contributed by atoms with E-state index in [1.807, 2.05) is 0 Å². The fourth-order valence-corrected chi connectivity index (χ4v) is 2.30. The highest BCUT2D eigenvalue weighted by Crippen LogP contribution is 2.43. The molecule has 1 atom stereocenters. The number of rotatable bonds is 0. The van der Waals surface area contributed by atoms with E-state index in [0.29, 0.717) is 18.8 Å². The van der Waals surface area contributed by atoms with Crippen molar-refractivity contribution in [2.45, 2.75) is 18.1 Å². The molecule has 1 aliphatic heterocycles. The average Bonchev–Trinajstić information content (AvgIpc) is 2.67. The zero-order chi connectivity index (χ0) is 9.64. The SMILES string of the molecule is CC1=C(Cl)C(=O)C(Cl)C12OCCO2. The van der Waals surface area contributed by atoms with Crippen molar-refractivity contribution in [2.24, 2.45) is 0 Å². The van der Waals surface area contributed by atoms with Crippen LogP contribution in [0, 0.1) is 0 Å². The lowest BCUT2D eigenvalue weighted by Crippen LogP contribution is -2.40. The summed E-state index contributed by atoms with van der Waals surface area (Å²) in [7, 11) is 0. The first-order valence-electron chi connectivity index (χ1n) is 3.92. The van der Waals surface area contributed by atoms with Crippen molar-refractivity contribution in [3.63, 3.8) is 0 Å². The van der Waals surface area contributed by atoms with Crippen LogP contribution in [0.5, 0.6) is 0 Å². The molecule has 0 saturated carbocycles. The summed E-state index contributed by atoms with van der Waals surface area (Å²) >= 11 is 11.7. The van der Waals surface area contributed by atoms with Gasteiger partial charge in [0, 0.05) is 5.57 Å². The van der Waals surface area contributed by atoms with Gasteiger partial charge in [-0.15, -0.1) is 11.6 Å². The largest absolute Gasteiger partial charge is 0.342 e. The Morgan fingerprint density at radius 3 is 2.38 bits per heavy atom. The lowest BCUT2D eigenvalue weighted by molar-refractivity contribution is -0.137. The lowest BCUT2D eigenvalue weighted by Gasteiger charge is -2.25. The topological polar surface area (TPSA) is 35.5 Å². The Balaban J connectivity index is 2.45. The highest BCUT2D eigenvalue weighted by molar-refractivity contribution is 6.50. The van der Waals surface area contributed by atoms with Crippen LogP contribution >= 0.6 is 23.2 Å². The van der Waals surface area contributed by atoms with Gasteiger partial charge >= 0.3 is 0 Å². The first kappa shape index (κ1) is 9.46. The summed E-state index contributed by atoms with van der Waals surface area (Å²) in [6.07, 6.45) is 0. The molecule has 13 heavy (non-hydrogen) atoms. The smallest absolute Gasteiger partial charge is 0.217 e. The summed E-state index contributed by atoms with van der Waals surface area (Å²) in [4.78, 5) is 11.4. The van der Waals surface area contributed by atoms with Crippen molar-refractivity contribution in [3.05, 3.63) is 10.6 Å². The molecule has 5 heteroatoms. The van der Waals surface area contributed by atoms with Crippen molar-refractivity contribution < 1.29 is 14.3 Å². The van der Waals surface area contributed by atoms with E-state index in [1.165, 1.54) is 0 Å². The van der Waals surface area contributed by atoms with Gasteiger partial charge in [-0.3, -0.25) is 4.79 Å². The van der Waals surface area contributed by atoms with Gasteiger partial charge in [0.05, 0.1) is 18.2 Å². The molecule has 72 valence electrons. The van der Waals surface area contributed by atoms with E-state index in [9.17, 15) is 4.79 Å². The molecular weight excluding hydrogens is 215 g/mol. The maximum absolute atomic E-state index is 11.4. The van der Waals surface area contributed by atoms with Crippen LogP contribution in [-0.2, 0) is 14.3 Å². The van der Waals surface area contributed by atoms with E-state index in [4.69, 9.17) is 32.7 Å². The second-order valence-electron chi connectivity index (χ2n) is 3.03. The highest BCUT2D eigenvalue weighted by Gasteiger charge is 2.55. The first-order valence-corrected chi connectivity index (χ1v) is 4.74. The molecule has 1 unspecified atom stereocenters. The van der Waals surface area contributed by atoms with Gasteiger partial charge in [0.15, 0.2) is 11.2 Å². The van der Waals surface area contributed by atoms with Gasteiger partial charge in [0.2, 0.25) is 5.79 Å². The molecular formula is C8H8Cl2O3. The number of hydrogen-bond acceptors (Lipinski definition) is 3. The molecule has 0 amide bonds. The Labute approximate surface area is 85.6 Å². The van der Waals surface area contributed by atoms with Crippen molar-refractivity contribution in [2.75, 3.05) is 13.2 Å². The van der Waals surface area contributed by atoms with Crippen LogP contribution in [0.4, 0.5) is 0 Å². The van der Waals surface area contributed by atoms with Gasteiger partial charge in [-0.1, -0.05) is 11.6 Å². The molecule has 1 spiro atoms. The van der Waals surface area contributed by atoms with Crippen LogP contribution < -0.4 is 0 Å². The van der Waals surface area contributed by atoms with Crippen LogP contribution in [0.1, 0.15) is 6.92 Å². The van der Waals surface area contributed by atoms with Crippen molar-refractivity contribution >= 4 is 29.0 Å². The molecule has 1 fully saturated rings. The number of alkyl halides is 1. The maximum atomic E-state index is 11.4. The zero-order valence-corrected chi connectivity index (χ0v) is 8.48. The Hall–Kier alpha value is -0.0900. The molecule has 0 N–H and O–H groups in total. The molecule has 0 aromatic carbocycles. The number of ketones is 1. The molecule has 2 rings (SSSR count). The monoisotopic (exact) mass is 222 g/mol. The van der Waals surface area contributed by atoms with E-state index in [-0.39, 0.29) is 10.8 Å². The standard InChI is InChI=1S/C8H8Cl2O3/c1-4-5(9)6(11)7(10)8(4)12-2-3-13-8/h7H,2-3H2,1H3. The van der Waals surface area contributed by atoms with Gasteiger partial charge in [-0.25, -0.2) is 0 Å². The normalized spacial score (nSPS) is 32.2. The van der Waals surface area contributed by atoms with E-state index in [0.717, 1.165) is 0 Å². The van der Waals surface area contributed by atoms with E-state index in [1.54, 1.807) is 6.92 Å². The molecule has 1 saturated heterocycles. The first-order chi connectivity index (χ1) is 6.09. The third kappa shape index (κ3) is 1.08. The number of carbonyl (C=O) groups excluding carboxylic acids is 1. The van der Waals surface area contributed by atoms with Crippen molar-refractivity contribution in [1.82, 2.24) is 0 Å². The summed E-state index contributed by atoms with van der Waals surface area (Å²) in [5.41, 5.74) is 0.580. The molecule has 2 aliphatic rings. The van der Waals surface area contributed by atoms with Crippen LogP contribution in [0.3, 0.4) is 0 Å². The summed E-state index contributed by atoms with van der Waals surface area (Å²) in [5, 5.41) is -0.704. The Bertz CT molecular complexity index is 292. The minimum atomic E-state index is -1.09. The Morgan fingerprint density at radius 1 is 1.46 bits per heavy atom. The summed E-state index contributed by atoms with van der Waals surface area (Å²) in [6, 6.07) is 0. The third-order valence-electron chi connectivity index (χ3n) is 2.35. The third-order valence-corrected chi connectivity index (χ3v) is 3.30. The molecule has 0 aromatic heterocycles. The van der Waals surface area contributed by atoms with E-state index in [2.05, 4.69) is 0 Å². The lowest BCUT2D eigenvalue weighted by atomic mass is 10.1. The second kappa shape index (κ2) is 2.95. The number of hydrogen-bond donors (Lipinski definition) is 0. The number of allylic oxidation sites excluding steroid dienone is 1. The van der Waals surface area contributed by atoms with Crippen LogP contribution in [0.2, 0.25) is 0 Å². The van der Waals surface area contributed by atoms with Gasteiger partial charge in [0.25, 0.3) is 0 Å². The quantitative estimate of drug-likeness (QED) is 0.583. The fourth-order valence-electron chi connectivity index (χ4n) is 1.60. The van der Waals surface area contributed by atoms with Crippen LogP contribution in [0.15, 0.2) is 10.6 Å². The van der Waals surface area contributed by atoms with Gasteiger partial charge in [-0.05, 0) is 6.92 Å². The number of ether oxygens (including phenoxy) is 2. The second-order valence-corrected chi connectivity index (χ2v) is 3.84. The molecule has 0 bridgehead atoms. The van der Waals surface area contributed by atoms with Crippen LogP contribution in [-0.4, -0.2) is 30.2 Å². The highest BCUT2D eigenvalue weighted by atomic mass is 35.5. The Kier molecular flexibility index (Phi) is 2.15. The molecule has 3 nitrogen and oxygen atoms in total. The van der Waals surface area contributed by atoms with Crippen LogP contribution in [0.25, 0.3) is 0 Å². The molecule has 0 radical (unpaired) electrons. The molecule has 0 aromatic rings. The van der Waals surface area contributed by atoms with Gasteiger partial charge in [0.1, 0.15) is 0 Å². The average molecular weight is 223 g/mol. The van der Waals surface area contributed by atoms with Gasteiger partial charge in [-0.2, -0.15) is 0 Å². The number of carbonyl (C=O) groups is 1. The minimum Gasteiger partial charge on any atom is -0.342 e. The fraction of sp³-hybridized carbons (Fsp3) is 0.625. The molecule has 1 aliphatic carbocycles. The predicted octanol–water partition coefficient (Wildman–Crippen LogP) is 1.43. The Morgan fingerprint density at radius 2 is 2.00 bits per heavy atom. The van der Waals surface area contributed by atoms with Gasteiger partial charge < -0.3 is 9.47 Å². The predicted molar refractivity (Wildman–Crippen MR) is 47.8 cm³/mol. The minimum absolute atomic E-state index is 0.141. The zero-order valence-electron chi connectivity index (χ0n) is 6.97. The summed E-state index contributed by atoms with van der Waals surface area (Å²) < 4.78 is 10.7. The molecule has 1 heterocycles. The van der Waals surface area contributed by atoms with E-state index < -0.39 is 11.2 Å². The summed E-state index contributed by atoms with van der Waals surface area (Å²) in [6.45, 7) is 2.59. The van der Waals surface area contributed by atoms with E-state index >= 15 is 0 Å². The maximum Gasteiger partial charge on any atom is 0.217 e. The van der Waals surface area contributed by atoms with Crippen molar-refractivity contribution in [3.8, 4) is 0 Å².